The highest BCUT2D eigenvalue weighted by molar-refractivity contribution is 9.09. The molecule has 0 aliphatic carbocycles. The van der Waals surface area contributed by atoms with Crippen LogP contribution in [0.15, 0.2) is 24.5 Å². The Bertz CT molecular complexity index is 235. The van der Waals surface area contributed by atoms with Crippen LogP contribution >= 0.6 is 15.9 Å². The average molecular weight is 256 g/mol. The van der Waals surface area contributed by atoms with Gasteiger partial charge >= 0.3 is 0 Å². The average Bonchev–Trinajstić information content (AvgIpc) is 2.20. The molecule has 1 atom stereocenters. The van der Waals surface area contributed by atoms with E-state index >= 15 is 0 Å². The molecule has 0 N–H and O–H groups in total. The number of hydrogen-bond donors (Lipinski definition) is 0. The number of rotatable bonds is 6. The molecule has 1 aromatic heterocycles. The first-order valence-electron chi connectivity index (χ1n) is 5.36. The Balaban J connectivity index is 2.16. The zero-order valence-corrected chi connectivity index (χ0v) is 10.3. The quantitative estimate of drug-likeness (QED) is 0.702. The summed E-state index contributed by atoms with van der Waals surface area (Å²) in [5.41, 5.74) is 1.35. The van der Waals surface area contributed by atoms with Gasteiger partial charge < -0.3 is 0 Å². The van der Waals surface area contributed by atoms with Crippen molar-refractivity contribution in [1.82, 2.24) is 4.98 Å². The Labute approximate surface area is 95.1 Å². The summed E-state index contributed by atoms with van der Waals surface area (Å²) in [7, 11) is 0. The van der Waals surface area contributed by atoms with Gasteiger partial charge in [-0.3, -0.25) is 4.98 Å². The fraction of sp³-hybridized carbons (Fsp3) is 0.583. The Kier molecular flexibility index (Phi) is 5.85. The van der Waals surface area contributed by atoms with Gasteiger partial charge in [-0.15, -0.1) is 0 Å². The summed E-state index contributed by atoms with van der Waals surface area (Å²) >= 11 is 3.70. The van der Waals surface area contributed by atoms with Crippen LogP contribution in [0.3, 0.4) is 0 Å². The van der Waals surface area contributed by atoms with E-state index in [1.54, 1.807) is 0 Å². The number of aromatic nitrogens is 1. The van der Waals surface area contributed by atoms with Gasteiger partial charge in [-0.25, -0.2) is 0 Å². The molecule has 1 aromatic rings. The number of hydrogen-bond acceptors (Lipinski definition) is 1. The van der Waals surface area contributed by atoms with Crippen LogP contribution in [0.4, 0.5) is 0 Å². The van der Waals surface area contributed by atoms with Crippen molar-refractivity contribution in [1.29, 1.82) is 0 Å². The maximum atomic E-state index is 4.11. The zero-order valence-electron chi connectivity index (χ0n) is 8.75. The highest BCUT2D eigenvalue weighted by atomic mass is 79.9. The van der Waals surface area contributed by atoms with Crippen LogP contribution in [0.1, 0.15) is 38.2 Å². The minimum Gasteiger partial charge on any atom is -0.264 e. The second-order valence-corrected chi connectivity index (χ2v) is 4.93. The molecule has 0 aromatic carbocycles. The molecule has 0 aliphatic heterocycles. The van der Waals surface area contributed by atoms with Gasteiger partial charge in [0.1, 0.15) is 0 Å². The van der Waals surface area contributed by atoms with E-state index in [0.717, 1.165) is 6.42 Å². The Morgan fingerprint density at radius 2 is 2.29 bits per heavy atom. The number of nitrogens with zero attached hydrogens (tertiary/aromatic N) is 1. The van der Waals surface area contributed by atoms with Gasteiger partial charge in [0.05, 0.1) is 0 Å². The lowest BCUT2D eigenvalue weighted by Crippen LogP contribution is -1.98. The minimum absolute atomic E-state index is 0.698. The molecule has 0 radical (unpaired) electrons. The fourth-order valence-electron chi connectivity index (χ4n) is 1.53. The Hall–Kier alpha value is -0.370. The number of pyridine rings is 1. The molecule has 0 bridgehead atoms. The summed E-state index contributed by atoms with van der Waals surface area (Å²) in [5.74, 6) is 0. The first kappa shape index (κ1) is 11.7. The van der Waals surface area contributed by atoms with Gasteiger partial charge in [0.2, 0.25) is 0 Å². The van der Waals surface area contributed by atoms with E-state index < -0.39 is 0 Å². The molecule has 78 valence electrons. The van der Waals surface area contributed by atoms with Crippen molar-refractivity contribution in [3.8, 4) is 0 Å². The molecule has 0 amide bonds. The van der Waals surface area contributed by atoms with Crippen molar-refractivity contribution in [2.24, 2.45) is 0 Å². The summed E-state index contributed by atoms with van der Waals surface area (Å²) in [6.07, 6.45) is 10.0. The molecule has 0 spiro atoms. The van der Waals surface area contributed by atoms with E-state index in [1.165, 1.54) is 31.2 Å². The van der Waals surface area contributed by atoms with E-state index in [9.17, 15) is 0 Å². The predicted molar refractivity (Wildman–Crippen MR) is 64.8 cm³/mol. The highest BCUT2D eigenvalue weighted by Gasteiger charge is 2.02. The van der Waals surface area contributed by atoms with Gasteiger partial charge in [-0.05, 0) is 37.3 Å². The molecule has 0 fully saturated rings. The summed E-state index contributed by atoms with van der Waals surface area (Å²) in [4.78, 5) is 4.81. The van der Waals surface area contributed by atoms with Crippen molar-refractivity contribution in [3.63, 3.8) is 0 Å². The van der Waals surface area contributed by atoms with Gasteiger partial charge in [-0.1, -0.05) is 35.3 Å². The number of alkyl halides is 1. The lowest BCUT2D eigenvalue weighted by molar-refractivity contribution is 0.654. The third kappa shape index (κ3) is 4.75. The largest absolute Gasteiger partial charge is 0.264 e. The van der Waals surface area contributed by atoms with Crippen LogP contribution in [-0.4, -0.2) is 9.81 Å². The van der Waals surface area contributed by atoms with Crippen LogP contribution in [0, 0.1) is 0 Å². The summed E-state index contributed by atoms with van der Waals surface area (Å²) in [5, 5.41) is 0. The molecular weight excluding hydrogens is 238 g/mol. The maximum absolute atomic E-state index is 4.11. The standard InChI is InChI=1S/C12H18BrN/c1-2-5-12(13)8-3-6-11-7-4-9-14-10-11/h4,7,9-10,12H,2-3,5-6,8H2,1H3. The summed E-state index contributed by atoms with van der Waals surface area (Å²) in [6.45, 7) is 2.23. The van der Waals surface area contributed by atoms with Gasteiger partial charge in [0.25, 0.3) is 0 Å². The van der Waals surface area contributed by atoms with Crippen LogP contribution in [0.2, 0.25) is 0 Å². The second kappa shape index (κ2) is 6.99. The maximum Gasteiger partial charge on any atom is 0.0299 e. The van der Waals surface area contributed by atoms with Gasteiger partial charge in [0, 0.05) is 17.2 Å². The predicted octanol–water partition coefficient (Wildman–Crippen LogP) is 3.97. The van der Waals surface area contributed by atoms with Crippen LogP contribution in [0.25, 0.3) is 0 Å². The lowest BCUT2D eigenvalue weighted by Gasteiger charge is -2.07. The van der Waals surface area contributed by atoms with E-state index in [0.29, 0.717) is 4.83 Å². The monoisotopic (exact) mass is 255 g/mol. The molecule has 1 unspecified atom stereocenters. The Morgan fingerprint density at radius 1 is 1.43 bits per heavy atom. The SMILES string of the molecule is CCCC(Br)CCCc1cccnc1. The Morgan fingerprint density at radius 3 is 2.93 bits per heavy atom. The van der Waals surface area contributed by atoms with Gasteiger partial charge in [-0.2, -0.15) is 0 Å². The van der Waals surface area contributed by atoms with Crippen molar-refractivity contribution in [2.75, 3.05) is 0 Å². The van der Waals surface area contributed by atoms with Crippen LogP contribution in [0.5, 0.6) is 0 Å². The lowest BCUT2D eigenvalue weighted by atomic mass is 10.1. The van der Waals surface area contributed by atoms with Crippen molar-refractivity contribution in [2.45, 2.75) is 43.9 Å². The summed E-state index contributed by atoms with van der Waals surface area (Å²) < 4.78 is 0. The third-order valence-electron chi connectivity index (χ3n) is 2.31. The molecule has 14 heavy (non-hydrogen) atoms. The smallest absolute Gasteiger partial charge is 0.0299 e. The van der Waals surface area contributed by atoms with Crippen molar-refractivity contribution < 1.29 is 0 Å². The topological polar surface area (TPSA) is 12.9 Å². The molecule has 0 saturated heterocycles. The molecule has 1 heterocycles. The van der Waals surface area contributed by atoms with E-state index in [2.05, 4.69) is 33.9 Å². The highest BCUT2D eigenvalue weighted by Crippen LogP contribution is 2.15. The molecule has 0 aliphatic rings. The van der Waals surface area contributed by atoms with Crippen LogP contribution < -0.4 is 0 Å². The zero-order chi connectivity index (χ0) is 10.2. The molecule has 1 rings (SSSR count). The second-order valence-electron chi connectivity index (χ2n) is 3.64. The first-order valence-corrected chi connectivity index (χ1v) is 6.27. The van der Waals surface area contributed by atoms with Gasteiger partial charge in [0.15, 0.2) is 0 Å². The third-order valence-corrected chi connectivity index (χ3v) is 3.22. The van der Waals surface area contributed by atoms with Crippen LogP contribution in [-0.2, 0) is 6.42 Å². The molecule has 1 nitrogen and oxygen atoms in total. The minimum atomic E-state index is 0.698. The number of halogens is 1. The fourth-order valence-corrected chi connectivity index (χ4v) is 2.31. The van der Waals surface area contributed by atoms with E-state index in [-0.39, 0.29) is 0 Å². The molecular formula is C12H18BrN. The molecule has 2 heteroatoms. The van der Waals surface area contributed by atoms with Crippen molar-refractivity contribution >= 4 is 15.9 Å². The number of aryl methyl sites for hydroxylation is 1. The van der Waals surface area contributed by atoms with E-state index in [4.69, 9.17) is 0 Å². The molecule has 0 saturated carbocycles. The normalized spacial score (nSPS) is 12.7. The van der Waals surface area contributed by atoms with Crippen molar-refractivity contribution in [3.05, 3.63) is 30.1 Å². The van der Waals surface area contributed by atoms with E-state index in [1.807, 2.05) is 18.5 Å². The summed E-state index contributed by atoms with van der Waals surface area (Å²) in [6, 6.07) is 4.16. The first-order chi connectivity index (χ1) is 6.83.